The summed E-state index contributed by atoms with van der Waals surface area (Å²) in [6.07, 6.45) is -3.48. The molecule has 0 saturated heterocycles. The number of nitrogen functional groups attached to an aromatic ring is 1. The van der Waals surface area contributed by atoms with Crippen LogP contribution in [0.25, 0.3) is 0 Å². The van der Waals surface area contributed by atoms with Crippen LogP contribution in [0.4, 0.5) is 24.5 Å². The molecular weight excluding hydrogens is 253 g/mol. The molecule has 1 aromatic carbocycles. The second kappa shape index (κ2) is 5.13. The van der Waals surface area contributed by atoms with Crippen LogP contribution in [0.1, 0.15) is 5.56 Å². The lowest BCUT2D eigenvalue weighted by Crippen LogP contribution is -2.12. The number of hydrogen-bond donors (Lipinski definition) is 3. The number of carbonyl (C=O) groups excluding carboxylic acids is 1. The van der Waals surface area contributed by atoms with Crippen molar-refractivity contribution in [3.05, 3.63) is 35.2 Å². The van der Waals surface area contributed by atoms with Gasteiger partial charge in [0.15, 0.2) is 0 Å². The van der Waals surface area contributed by atoms with Crippen LogP contribution in [0.15, 0.2) is 29.7 Å². The second-order valence-electron chi connectivity index (χ2n) is 3.10. The fraction of sp³-hybridized carbons (Fsp3) is 0.100. The van der Waals surface area contributed by atoms with E-state index in [0.29, 0.717) is 0 Å². The van der Waals surface area contributed by atoms with Crippen LogP contribution >= 0.6 is 12.6 Å². The van der Waals surface area contributed by atoms with Crippen molar-refractivity contribution in [1.29, 1.82) is 0 Å². The molecule has 0 bridgehead atoms. The minimum Gasteiger partial charge on any atom is -0.398 e. The van der Waals surface area contributed by atoms with E-state index < -0.39 is 17.6 Å². The predicted octanol–water partition coefficient (Wildman–Crippen LogP) is 2.67. The van der Waals surface area contributed by atoms with Gasteiger partial charge in [-0.25, -0.2) is 0 Å². The number of carbonyl (C=O) groups is 1. The lowest BCUT2D eigenvalue weighted by Gasteiger charge is -2.11. The Hall–Kier alpha value is -1.63. The molecule has 0 aliphatic carbocycles. The zero-order valence-electron chi connectivity index (χ0n) is 8.45. The summed E-state index contributed by atoms with van der Waals surface area (Å²) in [5.41, 5.74) is 3.85. The fourth-order valence-corrected chi connectivity index (χ4v) is 1.27. The van der Waals surface area contributed by atoms with Crippen molar-refractivity contribution in [2.45, 2.75) is 6.18 Å². The van der Waals surface area contributed by atoms with Crippen LogP contribution < -0.4 is 11.1 Å². The molecule has 0 saturated carbocycles. The lowest BCUT2D eigenvalue weighted by atomic mass is 10.1. The third-order valence-electron chi connectivity index (χ3n) is 1.85. The summed E-state index contributed by atoms with van der Waals surface area (Å²) in [4.78, 5) is 11.1. The average Bonchev–Trinajstić information content (AvgIpc) is 2.19. The average molecular weight is 262 g/mol. The van der Waals surface area contributed by atoms with E-state index in [9.17, 15) is 18.0 Å². The largest absolute Gasteiger partial charge is 0.418 e. The Labute approximate surface area is 101 Å². The zero-order valence-corrected chi connectivity index (χ0v) is 9.35. The molecule has 1 amide bonds. The summed E-state index contributed by atoms with van der Waals surface area (Å²) >= 11 is 3.67. The van der Waals surface area contributed by atoms with Gasteiger partial charge >= 0.3 is 6.18 Å². The highest BCUT2D eigenvalue weighted by atomic mass is 32.1. The molecule has 0 aliphatic rings. The molecular formula is C10H9F3N2OS. The number of benzene rings is 1. The smallest absolute Gasteiger partial charge is 0.398 e. The molecule has 0 fully saturated rings. The number of thiol groups is 1. The third kappa shape index (κ3) is 3.70. The first kappa shape index (κ1) is 13.4. The van der Waals surface area contributed by atoms with Gasteiger partial charge in [0.05, 0.1) is 5.56 Å². The Kier molecular flexibility index (Phi) is 4.06. The summed E-state index contributed by atoms with van der Waals surface area (Å²) in [5.74, 6) is -0.571. The molecule has 0 aliphatic heterocycles. The van der Waals surface area contributed by atoms with Crippen molar-refractivity contribution >= 4 is 29.9 Å². The van der Waals surface area contributed by atoms with Crippen molar-refractivity contribution in [1.82, 2.24) is 0 Å². The van der Waals surface area contributed by atoms with Gasteiger partial charge in [0.25, 0.3) is 0 Å². The first-order valence-electron chi connectivity index (χ1n) is 4.43. The summed E-state index contributed by atoms with van der Waals surface area (Å²) in [7, 11) is 0. The maximum absolute atomic E-state index is 12.5. The van der Waals surface area contributed by atoms with Crippen LogP contribution in [-0.2, 0) is 11.0 Å². The van der Waals surface area contributed by atoms with Gasteiger partial charge in [0, 0.05) is 17.5 Å². The normalized spacial score (nSPS) is 11.8. The maximum Gasteiger partial charge on any atom is 0.418 e. The van der Waals surface area contributed by atoms with Gasteiger partial charge in [-0.2, -0.15) is 25.8 Å². The van der Waals surface area contributed by atoms with E-state index in [0.717, 1.165) is 18.2 Å². The van der Waals surface area contributed by atoms with Crippen molar-refractivity contribution in [2.75, 3.05) is 11.1 Å². The summed E-state index contributed by atoms with van der Waals surface area (Å²) < 4.78 is 37.5. The first-order chi connectivity index (χ1) is 7.84. The molecule has 0 atom stereocenters. The number of halogens is 3. The number of nitrogens with one attached hydrogen (secondary N) is 1. The molecule has 3 nitrogen and oxygen atoms in total. The molecule has 7 heteroatoms. The van der Waals surface area contributed by atoms with E-state index in [1.54, 1.807) is 0 Å². The maximum atomic E-state index is 12.5. The van der Waals surface area contributed by atoms with Crippen molar-refractivity contribution in [3.63, 3.8) is 0 Å². The number of rotatable bonds is 2. The van der Waals surface area contributed by atoms with Gasteiger partial charge in [-0.1, -0.05) is 0 Å². The summed E-state index contributed by atoms with van der Waals surface area (Å²) in [5, 5.41) is 3.43. The topological polar surface area (TPSA) is 55.1 Å². The van der Waals surface area contributed by atoms with E-state index >= 15 is 0 Å². The van der Waals surface area contributed by atoms with Crippen molar-refractivity contribution in [2.24, 2.45) is 0 Å². The second-order valence-corrected chi connectivity index (χ2v) is 3.40. The third-order valence-corrected chi connectivity index (χ3v) is 2.00. The Morgan fingerprint density at radius 1 is 1.41 bits per heavy atom. The van der Waals surface area contributed by atoms with Crippen LogP contribution in [0.2, 0.25) is 0 Å². The van der Waals surface area contributed by atoms with Gasteiger partial charge < -0.3 is 11.1 Å². The monoisotopic (exact) mass is 262 g/mol. The van der Waals surface area contributed by atoms with Gasteiger partial charge in [0.1, 0.15) is 0 Å². The molecule has 3 N–H and O–H groups in total. The molecule has 0 unspecified atom stereocenters. The van der Waals surface area contributed by atoms with Crippen molar-refractivity contribution in [3.8, 4) is 0 Å². The van der Waals surface area contributed by atoms with E-state index in [2.05, 4.69) is 17.9 Å². The molecule has 1 aromatic rings. The number of hydrogen-bond acceptors (Lipinski definition) is 3. The first-order valence-corrected chi connectivity index (χ1v) is 4.94. The Balaban J connectivity index is 3.01. The quantitative estimate of drug-likeness (QED) is 0.436. The minimum absolute atomic E-state index is 0.0166. The summed E-state index contributed by atoms with van der Waals surface area (Å²) in [6.45, 7) is 0. The Bertz CT molecular complexity index is 457. The molecule has 1 rings (SSSR count). The van der Waals surface area contributed by atoms with Gasteiger partial charge in [-0.15, -0.1) is 0 Å². The van der Waals surface area contributed by atoms with Crippen LogP contribution in [-0.4, -0.2) is 5.91 Å². The van der Waals surface area contributed by atoms with E-state index in [-0.39, 0.29) is 11.4 Å². The Morgan fingerprint density at radius 3 is 2.59 bits per heavy atom. The number of amides is 1. The SMILES string of the molecule is Nc1ccc(NC(=O)/C=C\S)cc1C(F)(F)F. The van der Waals surface area contributed by atoms with E-state index in [4.69, 9.17) is 5.73 Å². The van der Waals surface area contributed by atoms with Crippen LogP contribution in [0.3, 0.4) is 0 Å². The minimum atomic E-state index is -4.55. The fourth-order valence-electron chi connectivity index (χ4n) is 1.13. The highest BCUT2D eigenvalue weighted by Gasteiger charge is 2.33. The standard InChI is InChI=1S/C10H9F3N2OS/c11-10(12,13)7-5-6(1-2-8(7)14)15-9(16)3-4-17/h1-5,17H,14H2,(H,15,16)/b4-3-. The summed E-state index contributed by atoms with van der Waals surface area (Å²) in [6, 6.07) is 3.15. The Morgan fingerprint density at radius 2 is 2.06 bits per heavy atom. The highest BCUT2D eigenvalue weighted by molar-refractivity contribution is 7.83. The number of anilines is 2. The molecule has 92 valence electrons. The zero-order chi connectivity index (χ0) is 13.1. The van der Waals surface area contributed by atoms with E-state index in [1.165, 1.54) is 11.5 Å². The predicted molar refractivity (Wildman–Crippen MR) is 62.6 cm³/mol. The van der Waals surface area contributed by atoms with E-state index in [1.807, 2.05) is 0 Å². The molecule has 17 heavy (non-hydrogen) atoms. The molecule has 0 radical (unpaired) electrons. The number of alkyl halides is 3. The van der Waals surface area contributed by atoms with Gasteiger partial charge in [0.2, 0.25) is 5.91 Å². The molecule has 0 spiro atoms. The van der Waals surface area contributed by atoms with Crippen molar-refractivity contribution < 1.29 is 18.0 Å². The number of nitrogens with two attached hydrogens (primary N) is 1. The lowest BCUT2D eigenvalue weighted by molar-refractivity contribution is -0.136. The molecule has 0 aromatic heterocycles. The highest BCUT2D eigenvalue weighted by Crippen LogP contribution is 2.35. The van der Waals surface area contributed by atoms with Crippen LogP contribution in [0.5, 0.6) is 0 Å². The van der Waals surface area contributed by atoms with Crippen LogP contribution in [0, 0.1) is 0 Å². The van der Waals surface area contributed by atoms with Gasteiger partial charge in [-0.3, -0.25) is 4.79 Å². The van der Waals surface area contributed by atoms with Gasteiger partial charge in [-0.05, 0) is 23.6 Å². The molecule has 0 heterocycles.